The molecule has 4 saturated carbocycles. The molecule has 6 heteroatoms. The van der Waals surface area contributed by atoms with E-state index < -0.39 is 0 Å². The molecule has 4 aliphatic rings. The van der Waals surface area contributed by atoms with E-state index in [1.807, 2.05) is 30.3 Å². The third kappa shape index (κ3) is 2.80. The van der Waals surface area contributed by atoms with E-state index in [9.17, 15) is 4.79 Å². The number of nitrogens with one attached hydrogen (secondary N) is 2. The molecule has 4 bridgehead atoms. The quantitative estimate of drug-likeness (QED) is 0.671. The second kappa shape index (κ2) is 5.94. The number of benzene rings is 1. The van der Waals surface area contributed by atoms with E-state index >= 15 is 0 Å². The van der Waals surface area contributed by atoms with Gasteiger partial charge in [-0.15, -0.1) is 5.10 Å². The number of carbonyl (C=O) groups excluding carboxylic acids is 1. The highest BCUT2D eigenvalue weighted by Gasteiger charge is 2.58. The summed E-state index contributed by atoms with van der Waals surface area (Å²) in [5.74, 6) is 2.90. The van der Waals surface area contributed by atoms with Crippen LogP contribution in [0.3, 0.4) is 0 Å². The van der Waals surface area contributed by atoms with Gasteiger partial charge in [0, 0.05) is 11.5 Å². The number of ether oxygens (including phenoxy) is 1. The van der Waals surface area contributed by atoms with E-state index in [1.165, 1.54) is 19.3 Å². The summed E-state index contributed by atoms with van der Waals surface area (Å²) >= 11 is 0. The number of fused-ring (bicyclic) bond motifs is 1. The molecule has 7 rings (SSSR count). The van der Waals surface area contributed by atoms with Crippen LogP contribution in [-0.4, -0.2) is 32.6 Å². The first-order chi connectivity index (χ1) is 14.0. The van der Waals surface area contributed by atoms with Crippen molar-refractivity contribution in [1.29, 1.82) is 0 Å². The summed E-state index contributed by atoms with van der Waals surface area (Å²) in [5, 5.41) is 7.20. The Bertz CT molecular complexity index is 1050. The van der Waals surface area contributed by atoms with Crippen LogP contribution in [0.4, 0.5) is 0 Å². The van der Waals surface area contributed by atoms with Gasteiger partial charge in [0.2, 0.25) is 5.88 Å². The summed E-state index contributed by atoms with van der Waals surface area (Å²) < 4.78 is 5.83. The fraction of sp³-hybridized carbons (Fsp3) is 0.522. The van der Waals surface area contributed by atoms with Crippen molar-refractivity contribution in [2.45, 2.75) is 45.4 Å². The monoisotopic (exact) mass is 390 g/mol. The zero-order valence-corrected chi connectivity index (χ0v) is 16.7. The molecule has 29 heavy (non-hydrogen) atoms. The summed E-state index contributed by atoms with van der Waals surface area (Å²) in [6, 6.07) is 9.71. The van der Waals surface area contributed by atoms with Gasteiger partial charge < -0.3 is 9.72 Å². The number of rotatable bonds is 5. The summed E-state index contributed by atoms with van der Waals surface area (Å²) in [5.41, 5.74) is 2.85. The third-order valence-electron chi connectivity index (χ3n) is 7.50. The van der Waals surface area contributed by atoms with Crippen LogP contribution in [0.2, 0.25) is 0 Å². The minimum absolute atomic E-state index is 0.111. The van der Waals surface area contributed by atoms with E-state index in [0.717, 1.165) is 47.8 Å². The van der Waals surface area contributed by atoms with Gasteiger partial charge in [0.15, 0.2) is 11.6 Å². The fourth-order valence-electron chi connectivity index (χ4n) is 6.92. The SMILES string of the molecule is CC12C[C@H]3C[C@@H](C1)CC(C(=O)COc1cc(-c4nc5ccccc5[nH]4)[nH]n1)(C3)C2. The first-order valence-electron chi connectivity index (χ1n) is 10.7. The van der Waals surface area contributed by atoms with Crippen molar-refractivity contribution in [3.63, 3.8) is 0 Å². The number of H-pyrrole nitrogens is 2. The Morgan fingerprint density at radius 1 is 1.21 bits per heavy atom. The summed E-state index contributed by atoms with van der Waals surface area (Å²) in [6.45, 7) is 2.50. The van der Waals surface area contributed by atoms with Gasteiger partial charge in [-0.2, -0.15) is 0 Å². The number of Topliss-reactive ketones (excluding diaryl/α,β-unsaturated/α-hetero) is 1. The van der Waals surface area contributed by atoms with Crippen LogP contribution in [-0.2, 0) is 4.79 Å². The van der Waals surface area contributed by atoms with Crippen LogP contribution in [0.1, 0.15) is 45.4 Å². The first kappa shape index (κ1) is 17.2. The Hall–Kier alpha value is -2.63. The van der Waals surface area contributed by atoms with Crippen molar-refractivity contribution in [2.75, 3.05) is 6.61 Å². The van der Waals surface area contributed by atoms with Gasteiger partial charge in [0.05, 0.1) is 11.0 Å². The van der Waals surface area contributed by atoms with Crippen molar-refractivity contribution in [3.05, 3.63) is 30.3 Å². The van der Waals surface area contributed by atoms with Crippen molar-refractivity contribution < 1.29 is 9.53 Å². The van der Waals surface area contributed by atoms with Crippen molar-refractivity contribution in [3.8, 4) is 17.4 Å². The minimum Gasteiger partial charge on any atom is -0.469 e. The Morgan fingerprint density at radius 2 is 2.00 bits per heavy atom. The molecule has 0 spiro atoms. The maximum absolute atomic E-state index is 13.2. The minimum atomic E-state index is -0.156. The lowest BCUT2D eigenvalue weighted by Crippen LogP contribution is -2.54. The molecule has 2 unspecified atom stereocenters. The Balaban J connectivity index is 1.17. The number of aromatic nitrogens is 4. The Kier molecular flexibility index (Phi) is 3.53. The average molecular weight is 390 g/mol. The van der Waals surface area contributed by atoms with E-state index in [2.05, 4.69) is 27.1 Å². The fourth-order valence-corrected chi connectivity index (χ4v) is 6.92. The number of carbonyl (C=O) groups is 1. The molecule has 2 heterocycles. The molecular weight excluding hydrogens is 364 g/mol. The van der Waals surface area contributed by atoms with E-state index in [1.54, 1.807) is 0 Å². The van der Waals surface area contributed by atoms with Gasteiger partial charge >= 0.3 is 0 Å². The number of aromatic amines is 2. The molecule has 0 amide bonds. The van der Waals surface area contributed by atoms with Crippen LogP contribution in [0.15, 0.2) is 30.3 Å². The highest BCUT2D eigenvalue weighted by atomic mass is 16.5. The van der Waals surface area contributed by atoms with Gasteiger partial charge in [-0.3, -0.25) is 9.89 Å². The van der Waals surface area contributed by atoms with Crippen LogP contribution < -0.4 is 4.74 Å². The van der Waals surface area contributed by atoms with Crippen molar-refractivity contribution in [1.82, 2.24) is 20.2 Å². The molecule has 4 fully saturated rings. The molecule has 2 aromatic heterocycles. The first-order valence-corrected chi connectivity index (χ1v) is 10.7. The molecular formula is C23H26N4O2. The van der Waals surface area contributed by atoms with Crippen LogP contribution in [0, 0.1) is 22.7 Å². The number of para-hydroxylation sites is 2. The molecule has 0 aliphatic heterocycles. The molecule has 6 nitrogen and oxygen atoms in total. The number of nitrogens with zero attached hydrogens (tertiary/aromatic N) is 2. The maximum atomic E-state index is 13.2. The lowest BCUT2D eigenvalue weighted by molar-refractivity contribution is -0.155. The largest absolute Gasteiger partial charge is 0.469 e. The highest BCUT2D eigenvalue weighted by molar-refractivity contribution is 5.87. The van der Waals surface area contributed by atoms with Crippen molar-refractivity contribution in [2.24, 2.45) is 22.7 Å². The molecule has 0 radical (unpaired) electrons. The van der Waals surface area contributed by atoms with E-state index in [-0.39, 0.29) is 17.8 Å². The number of ketones is 1. The molecule has 4 atom stereocenters. The summed E-state index contributed by atoms with van der Waals surface area (Å²) in [6.07, 6.45) is 7.10. The Labute approximate surface area is 169 Å². The highest BCUT2D eigenvalue weighted by Crippen LogP contribution is 2.65. The summed E-state index contributed by atoms with van der Waals surface area (Å²) in [4.78, 5) is 21.1. The number of hydrogen-bond donors (Lipinski definition) is 2. The predicted molar refractivity (Wildman–Crippen MR) is 109 cm³/mol. The normalized spacial score (nSPS) is 32.7. The average Bonchev–Trinajstić information content (AvgIpc) is 3.30. The van der Waals surface area contributed by atoms with Gasteiger partial charge in [-0.1, -0.05) is 19.1 Å². The van der Waals surface area contributed by atoms with E-state index in [0.29, 0.717) is 17.1 Å². The van der Waals surface area contributed by atoms with Gasteiger partial charge in [0.25, 0.3) is 0 Å². The third-order valence-corrected chi connectivity index (χ3v) is 7.50. The van der Waals surface area contributed by atoms with Gasteiger partial charge in [-0.25, -0.2) is 4.98 Å². The number of hydrogen-bond acceptors (Lipinski definition) is 4. The smallest absolute Gasteiger partial charge is 0.233 e. The molecule has 1 aromatic carbocycles. The van der Waals surface area contributed by atoms with Crippen molar-refractivity contribution >= 4 is 16.8 Å². The predicted octanol–water partition coefficient (Wildman–Crippen LogP) is 4.51. The summed E-state index contributed by atoms with van der Waals surface area (Å²) in [7, 11) is 0. The second-order valence-electron chi connectivity index (χ2n) is 9.99. The number of imidazole rings is 1. The second-order valence-corrected chi connectivity index (χ2v) is 9.99. The van der Waals surface area contributed by atoms with Crippen LogP contribution >= 0.6 is 0 Å². The molecule has 0 saturated heterocycles. The standard InChI is InChI=1S/C23H26N4O2/c1-22-8-14-6-15(9-22)11-23(10-14,13-22)19(28)12-29-20-7-18(26-27-20)21-24-16-4-2-3-5-17(16)25-21/h2-5,7,14-15H,6,8-13H2,1H3,(H,24,25)(H,26,27)/t14-,15+,22?,23?. The zero-order valence-electron chi connectivity index (χ0n) is 16.7. The molecule has 150 valence electrons. The molecule has 2 N–H and O–H groups in total. The molecule has 3 aromatic rings. The zero-order chi connectivity index (χ0) is 19.6. The van der Waals surface area contributed by atoms with Gasteiger partial charge in [0.1, 0.15) is 12.3 Å². The van der Waals surface area contributed by atoms with E-state index in [4.69, 9.17) is 4.74 Å². The lowest BCUT2D eigenvalue weighted by atomic mass is 9.44. The maximum Gasteiger partial charge on any atom is 0.233 e. The van der Waals surface area contributed by atoms with Gasteiger partial charge in [-0.05, 0) is 67.9 Å². The Morgan fingerprint density at radius 3 is 2.76 bits per heavy atom. The van der Waals surface area contributed by atoms with Crippen LogP contribution in [0.5, 0.6) is 5.88 Å². The van der Waals surface area contributed by atoms with Crippen LogP contribution in [0.25, 0.3) is 22.6 Å². The topological polar surface area (TPSA) is 83.7 Å². The lowest BCUT2D eigenvalue weighted by Gasteiger charge is -2.60. The molecule has 4 aliphatic carbocycles.